The second-order valence-electron chi connectivity index (χ2n) is 10.1. The topological polar surface area (TPSA) is 330 Å². The van der Waals surface area contributed by atoms with Crippen molar-refractivity contribution in [2.45, 2.75) is 49.1 Å². The number of nitrogen functional groups attached to an aromatic ring is 2. The Labute approximate surface area is 277 Å². The zero-order chi connectivity index (χ0) is 31.8. The number of ether oxygens (including phenoxy) is 2. The van der Waals surface area contributed by atoms with E-state index in [-0.39, 0.29) is 63.7 Å². The number of imidazole rings is 2. The Balaban J connectivity index is 0.00000372. The van der Waals surface area contributed by atoms with Crippen LogP contribution in [0.3, 0.4) is 0 Å². The molecule has 3 fully saturated rings. The van der Waals surface area contributed by atoms with E-state index in [1.807, 2.05) is 0 Å². The van der Waals surface area contributed by atoms with Crippen LogP contribution < -0.4 is 17.0 Å². The molecule has 0 amide bonds. The Kier molecular flexibility index (Phi) is 8.89. The van der Waals surface area contributed by atoms with Crippen LogP contribution in [-0.4, -0.2) is 138 Å². The largest absolute Gasteiger partial charge is 0.472 e. The van der Waals surface area contributed by atoms with Crippen molar-refractivity contribution in [2.24, 2.45) is 0 Å². The molecule has 1 radical (unpaired) electrons. The van der Waals surface area contributed by atoms with Crippen molar-refractivity contribution in [1.82, 2.24) is 39.0 Å². The number of nitrogens with zero attached hydrogens (tertiary/aromatic N) is 7. The summed E-state index contributed by atoms with van der Waals surface area (Å²) < 4.78 is 61.0. The molecule has 26 heteroatoms. The van der Waals surface area contributed by atoms with Gasteiger partial charge in [-0.15, -0.1) is 0 Å². The quantitative estimate of drug-likeness (QED) is 0.0826. The first kappa shape index (κ1) is 33.5. The summed E-state index contributed by atoms with van der Waals surface area (Å²) in [5.41, 5.74) is 10.8. The van der Waals surface area contributed by atoms with Gasteiger partial charge in [-0.3, -0.25) is 37.0 Å². The van der Waals surface area contributed by atoms with Crippen LogP contribution in [-0.2, 0) is 36.7 Å². The molecule has 243 valence electrons. The molecule has 0 aliphatic carbocycles. The van der Waals surface area contributed by atoms with Gasteiger partial charge in [0.05, 0.1) is 25.9 Å². The van der Waals surface area contributed by atoms with Gasteiger partial charge in [-0.1, -0.05) is 0 Å². The molecule has 4 aromatic heterocycles. The average Bonchev–Trinajstić information content (AvgIpc) is 3.72. The van der Waals surface area contributed by atoms with E-state index < -0.39 is 83.5 Å². The summed E-state index contributed by atoms with van der Waals surface area (Å²) in [5.74, 6) is -0.250. The summed E-state index contributed by atoms with van der Waals surface area (Å²) in [4.78, 5) is 55.8. The molecule has 46 heavy (non-hydrogen) atoms. The Bertz CT molecular complexity index is 1940. The van der Waals surface area contributed by atoms with Crippen molar-refractivity contribution in [3.8, 4) is 0 Å². The van der Waals surface area contributed by atoms with E-state index in [4.69, 9.17) is 39.0 Å². The third kappa shape index (κ3) is 5.91. The third-order valence-corrected chi connectivity index (χ3v) is 9.29. The summed E-state index contributed by atoms with van der Waals surface area (Å²) in [5, 5.41) is 22.1. The third-order valence-electron chi connectivity index (χ3n) is 7.32. The van der Waals surface area contributed by atoms with Crippen molar-refractivity contribution in [3.05, 3.63) is 29.3 Å². The standard InChI is InChI=1S/C20H24N10O13P2.Na/c21-14-8-15(24-3-23-14)29(4-25-8)18-11(32)12-7(41-18)2-39-45(36,37)43-13-10(31)6(1-38-44(34,35)42-12)40-19(13)30-5-26-9-16(30)27-20(22)28-17(9)33;/h3-7,10-13,18-19,31-32H,1-2H2,(H,34,35)(H,36,37)(H2,21,23,24)(H3,22,27,28,33);/t6-,7-,10?,11-,12-,13-,18-,19-;/m1./s1. The second-order valence-corrected chi connectivity index (χ2v) is 13.0. The number of hydrogen-bond acceptors (Lipinski definition) is 18. The molecule has 3 saturated heterocycles. The van der Waals surface area contributed by atoms with E-state index in [1.165, 1.54) is 10.9 Å². The molecule has 0 saturated carbocycles. The summed E-state index contributed by atoms with van der Waals surface area (Å²) in [6, 6.07) is 0. The van der Waals surface area contributed by atoms with Gasteiger partial charge in [-0.2, -0.15) is 4.98 Å². The number of aliphatic hydroxyl groups is 2. The minimum Gasteiger partial charge on any atom is -0.387 e. The molecule has 23 nitrogen and oxygen atoms in total. The number of anilines is 2. The molecule has 7 rings (SSSR count). The first-order valence-corrected chi connectivity index (χ1v) is 15.9. The minimum atomic E-state index is -5.11. The molecule has 9 N–H and O–H groups in total. The van der Waals surface area contributed by atoms with E-state index in [2.05, 4.69) is 29.9 Å². The van der Waals surface area contributed by atoms with Crippen LogP contribution in [0.15, 0.2) is 23.8 Å². The van der Waals surface area contributed by atoms with Crippen LogP contribution in [0, 0.1) is 0 Å². The summed E-state index contributed by atoms with van der Waals surface area (Å²) in [6.45, 7) is -1.65. The number of aromatic nitrogens is 8. The predicted molar refractivity (Wildman–Crippen MR) is 149 cm³/mol. The van der Waals surface area contributed by atoms with Crippen molar-refractivity contribution < 1.29 is 56.7 Å². The Morgan fingerprint density at radius 3 is 2.15 bits per heavy atom. The number of phosphoric acid groups is 2. The van der Waals surface area contributed by atoms with Crippen LogP contribution in [0.5, 0.6) is 0 Å². The Hall–Kier alpha value is -2.44. The second kappa shape index (κ2) is 12.2. The van der Waals surface area contributed by atoms with E-state index in [0.29, 0.717) is 0 Å². The van der Waals surface area contributed by atoms with Gasteiger partial charge in [0.2, 0.25) is 5.95 Å². The van der Waals surface area contributed by atoms with E-state index in [9.17, 15) is 33.9 Å². The van der Waals surface area contributed by atoms with Gasteiger partial charge in [-0.05, 0) is 0 Å². The van der Waals surface area contributed by atoms with Crippen molar-refractivity contribution in [3.63, 3.8) is 0 Å². The maximum Gasteiger partial charge on any atom is 0.472 e. The Morgan fingerprint density at radius 1 is 0.826 bits per heavy atom. The van der Waals surface area contributed by atoms with Gasteiger partial charge >= 0.3 is 15.6 Å². The maximum absolute atomic E-state index is 13.2. The molecule has 3 unspecified atom stereocenters. The van der Waals surface area contributed by atoms with Gasteiger partial charge in [0.25, 0.3) is 5.56 Å². The van der Waals surface area contributed by atoms with Crippen LogP contribution in [0.4, 0.5) is 11.8 Å². The normalized spacial score (nSPS) is 36.9. The minimum absolute atomic E-state index is 0. The fourth-order valence-electron chi connectivity index (χ4n) is 5.30. The number of phosphoric ester groups is 2. The molecule has 0 spiro atoms. The maximum atomic E-state index is 13.2. The number of aliphatic hydroxyl groups excluding tert-OH is 2. The molecular weight excluding hydrogens is 673 g/mol. The molecule has 10 atom stereocenters. The zero-order valence-corrected chi connectivity index (χ0v) is 27.2. The van der Waals surface area contributed by atoms with Crippen molar-refractivity contribution >= 4 is 79.3 Å². The van der Waals surface area contributed by atoms with E-state index in [1.54, 1.807) is 0 Å². The molecule has 3 aliphatic rings. The van der Waals surface area contributed by atoms with Crippen LogP contribution in [0.1, 0.15) is 12.5 Å². The molecule has 3 aliphatic heterocycles. The van der Waals surface area contributed by atoms with Crippen LogP contribution >= 0.6 is 15.6 Å². The summed E-state index contributed by atoms with van der Waals surface area (Å²) in [7, 11) is -10.2. The van der Waals surface area contributed by atoms with Gasteiger partial charge in [0, 0.05) is 29.6 Å². The summed E-state index contributed by atoms with van der Waals surface area (Å²) >= 11 is 0. The fraction of sp³-hybridized carbons (Fsp3) is 0.500. The monoisotopic (exact) mass is 697 g/mol. The van der Waals surface area contributed by atoms with Crippen LogP contribution in [0.25, 0.3) is 22.3 Å². The smallest absolute Gasteiger partial charge is 0.387 e. The fourth-order valence-corrected chi connectivity index (χ4v) is 7.19. The Morgan fingerprint density at radius 2 is 1.43 bits per heavy atom. The van der Waals surface area contributed by atoms with E-state index >= 15 is 0 Å². The van der Waals surface area contributed by atoms with Gasteiger partial charge < -0.3 is 40.9 Å². The van der Waals surface area contributed by atoms with E-state index in [0.717, 1.165) is 17.2 Å². The first-order valence-electron chi connectivity index (χ1n) is 13.0. The number of rotatable bonds is 2. The molecular formula is C20H24N10NaO13P2. The van der Waals surface area contributed by atoms with Crippen LogP contribution in [0.2, 0.25) is 0 Å². The first-order chi connectivity index (χ1) is 21.3. The van der Waals surface area contributed by atoms with Gasteiger partial charge in [-0.25, -0.2) is 29.1 Å². The number of fused-ring (bicyclic) bond motifs is 5. The SMILES string of the molecule is Nc1nc2c(ncn2[C@@H]2O[C@@H]3COP(=O)(O)O[C@H]4[C@@H](O)[C@H](n5cnc6c(N)ncnc65)O[C@@H]4COP(=O)(O)O[C@@H]2C3O)c(=O)[nH]1.[Na]. The average molecular weight is 697 g/mol. The number of aromatic amines is 1. The van der Waals surface area contributed by atoms with Gasteiger partial charge in [0.15, 0.2) is 35.1 Å². The number of hydrogen-bond donors (Lipinski definition) is 7. The molecule has 7 heterocycles. The summed E-state index contributed by atoms with van der Waals surface area (Å²) in [6.07, 6.45) is -9.21. The molecule has 4 aromatic rings. The number of nitrogens with one attached hydrogen (secondary N) is 1. The zero-order valence-electron chi connectivity index (χ0n) is 23.4. The molecule has 0 aromatic carbocycles. The predicted octanol–water partition coefficient (Wildman–Crippen LogP) is -2.72. The van der Waals surface area contributed by atoms with Gasteiger partial charge in [0.1, 0.15) is 48.5 Å². The number of H-pyrrole nitrogens is 1. The van der Waals surface area contributed by atoms with Crippen molar-refractivity contribution in [1.29, 1.82) is 0 Å². The number of nitrogens with two attached hydrogens (primary N) is 2. The molecule has 2 bridgehead atoms. The van der Waals surface area contributed by atoms with Crippen molar-refractivity contribution in [2.75, 3.05) is 24.7 Å².